The van der Waals surface area contributed by atoms with E-state index in [1.807, 2.05) is 9.80 Å². The number of urea groups is 1. The number of piperidine rings is 2. The number of ether oxygens (including phenoxy) is 1. The van der Waals surface area contributed by atoms with Gasteiger partial charge in [-0.05, 0) is 66.4 Å². The molecule has 3 heterocycles. The van der Waals surface area contributed by atoms with E-state index in [1.165, 1.54) is 0 Å². The van der Waals surface area contributed by atoms with Crippen LogP contribution in [-0.4, -0.2) is 108 Å². The van der Waals surface area contributed by atoms with Crippen molar-refractivity contribution in [1.29, 1.82) is 0 Å². The molecule has 4 rings (SSSR count). The van der Waals surface area contributed by atoms with Gasteiger partial charge in [0.05, 0.1) is 12.7 Å². The van der Waals surface area contributed by atoms with Crippen molar-refractivity contribution < 1.29 is 34.1 Å². The lowest BCUT2D eigenvalue weighted by atomic mass is 9.94. The number of carboxylic acid groups (broad SMARTS) is 2. The Balaban J connectivity index is 0.000000507. The van der Waals surface area contributed by atoms with Crippen molar-refractivity contribution in [2.24, 2.45) is 5.92 Å². The highest BCUT2D eigenvalue weighted by molar-refractivity contribution is 9.10. The zero-order valence-corrected chi connectivity index (χ0v) is 25.0. The maximum atomic E-state index is 12.8. The van der Waals surface area contributed by atoms with E-state index in [2.05, 4.69) is 26.1 Å². The molecule has 0 radical (unpaired) electrons. The Morgan fingerprint density at radius 2 is 1.51 bits per heavy atom. The smallest absolute Gasteiger partial charge is 0.328 e. The average Bonchev–Trinajstić information content (AvgIpc) is 3.50. The molecular weight excluding hydrogens is 598 g/mol. The molecule has 3 amide bonds. The number of halogens is 1. The highest BCUT2D eigenvalue weighted by atomic mass is 79.9. The van der Waals surface area contributed by atoms with Crippen LogP contribution in [0.25, 0.3) is 0 Å². The van der Waals surface area contributed by atoms with Crippen LogP contribution in [0.15, 0.2) is 28.8 Å². The molecular formula is C28H40BrN5O7. The number of carbonyl (C=O) groups excluding carboxylic acids is 2. The van der Waals surface area contributed by atoms with E-state index in [0.29, 0.717) is 39.5 Å². The van der Waals surface area contributed by atoms with E-state index in [9.17, 15) is 19.2 Å². The second-order valence-electron chi connectivity index (χ2n) is 10.5. The summed E-state index contributed by atoms with van der Waals surface area (Å²) in [5.74, 6) is -1.50. The first-order chi connectivity index (χ1) is 19.6. The fourth-order valence-corrected chi connectivity index (χ4v) is 5.70. The van der Waals surface area contributed by atoms with Crippen LogP contribution in [0, 0.1) is 5.92 Å². The number of aliphatic carboxylic acids is 2. The number of carboxylic acids is 2. The summed E-state index contributed by atoms with van der Waals surface area (Å²) in [7, 11) is 1.55. The number of likely N-dealkylation sites (tertiary alicyclic amines) is 3. The molecule has 0 bridgehead atoms. The zero-order valence-electron chi connectivity index (χ0n) is 23.4. The number of rotatable bonds is 7. The second-order valence-corrected chi connectivity index (χ2v) is 11.4. The molecule has 3 saturated heterocycles. The normalized spacial score (nSPS) is 18.6. The first-order valence-electron chi connectivity index (χ1n) is 13.9. The van der Waals surface area contributed by atoms with Crippen molar-refractivity contribution in [3.63, 3.8) is 0 Å². The Hall–Kier alpha value is -3.32. The molecule has 0 aromatic heterocycles. The number of carbonyl (C=O) groups is 4. The van der Waals surface area contributed by atoms with Crippen LogP contribution in [0.3, 0.4) is 0 Å². The molecule has 41 heavy (non-hydrogen) atoms. The maximum absolute atomic E-state index is 12.8. The molecule has 0 spiro atoms. The highest BCUT2D eigenvalue weighted by Gasteiger charge is 2.30. The van der Waals surface area contributed by atoms with Gasteiger partial charge in [-0.3, -0.25) is 4.79 Å². The molecule has 3 aliphatic rings. The molecule has 1 aromatic carbocycles. The number of amides is 3. The minimum atomic E-state index is -1.26. The summed E-state index contributed by atoms with van der Waals surface area (Å²) in [6, 6.07) is 3.80. The van der Waals surface area contributed by atoms with Crippen molar-refractivity contribution in [2.45, 2.75) is 44.6 Å². The summed E-state index contributed by atoms with van der Waals surface area (Å²) in [5.41, 5.74) is 6.95. The van der Waals surface area contributed by atoms with Crippen molar-refractivity contribution in [2.75, 3.05) is 58.7 Å². The Bertz CT molecular complexity index is 1090. The standard InChI is InChI=1S/C24H36BrN5O3.C4H4O4/c1-33-22-15-21(26)20(25)14-19(22)23(31)27-18-6-10-28(11-7-18)16-17-4-12-30(13-5-17)24(32)29-8-2-3-9-29;5-3(6)1-2-4(7)8/h14-15,17-18H,2-13,16,26H2,1H3,(H,27,31);1-2H,(H,5,6)(H,7,8)/b;2-1+. The first kappa shape index (κ1) is 32.2. The molecule has 3 fully saturated rings. The van der Waals surface area contributed by atoms with E-state index >= 15 is 0 Å². The van der Waals surface area contributed by atoms with Crippen LogP contribution in [-0.2, 0) is 9.59 Å². The number of nitrogens with one attached hydrogen (secondary N) is 1. The van der Waals surface area contributed by atoms with Gasteiger partial charge in [0.1, 0.15) is 5.75 Å². The summed E-state index contributed by atoms with van der Waals surface area (Å²) in [4.78, 5) is 51.1. The van der Waals surface area contributed by atoms with Gasteiger partial charge in [0, 0.05) is 80.2 Å². The lowest BCUT2D eigenvalue weighted by Gasteiger charge is -2.38. The summed E-state index contributed by atoms with van der Waals surface area (Å²) in [6.45, 7) is 6.67. The van der Waals surface area contributed by atoms with E-state index in [1.54, 1.807) is 19.2 Å². The lowest BCUT2D eigenvalue weighted by molar-refractivity contribution is -0.134. The molecule has 0 aliphatic carbocycles. The Kier molecular flexibility index (Phi) is 12.3. The number of hydrogen-bond donors (Lipinski definition) is 4. The van der Waals surface area contributed by atoms with Crippen molar-refractivity contribution >= 4 is 45.5 Å². The van der Waals surface area contributed by atoms with Crippen LogP contribution in [0.4, 0.5) is 10.5 Å². The third-order valence-electron chi connectivity index (χ3n) is 7.63. The fraction of sp³-hybridized carbons (Fsp3) is 0.571. The van der Waals surface area contributed by atoms with Gasteiger partial charge in [0.2, 0.25) is 0 Å². The van der Waals surface area contributed by atoms with Crippen LogP contribution in [0.5, 0.6) is 5.75 Å². The Morgan fingerprint density at radius 1 is 0.951 bits per heavy atom. The van der Waals surface area contributed by atoms with Gasteiger partial charge in [-0.25, -0.2) is 14.4 Å². The largest absolute Gasteiger partial charge is 0.496 e. The molecule has 0 unspecified atom stereocenters. The number of nitrogens with two attached hydrogens (primary N) is 1. The van der Waals surface area contributed by atoms with Gasteiger partial charge >= 0.3 is 18.0 Å². The van der Waals surface area contributed by atoms with Crippen molar-refractivity contribution in [1.82, 2.24) is 20.0 Å². The molecule has 226 valence electrons. The van der Waals surface area contributed by atoms with Gasteiger partial charge in [0.15, 0.2) is 0 Å². The molecule has 0 saturated carbocycles. The van der Waals surface area contributed by atoms with E-state index in [-0.39, 0.29) is 18.0 Å². The third-order valence-corrected chi connectivity index (χ3v) is 8.32. The number of methoxy groups -OCH3 is 1. The van der Waals surface area contributed by atoms with E-state index < -0.39 is 11.9 Å². The van der Waals surface area contributed by atoms with Gasteiger partial charge in [-0.1, -0.05) is 0 Å². The second kappa shape index (κ2) is 15.6. The predicted molar refractivity (Wildman–Crippen MR) is 157 cm³/mol. The summed E-state index contributed by atoms with van der Waals surface area (Å²) >= 11 is 3.40. The minimum absolute atomic E-state index is 0.124. The lowest BCUT2D eigenvalue weighted by Crippen LogP contribution is -2.49. The van der Waals surface area contributed by atoms with Crippen molar-refractivity contribution in [3.8, 4) is 5.75 Å². The summed E-state index contributed by atoms with van der Waals surface area (Å²) in [5, 5.41) is 18.8. The minimum Gasteiger partial charge on any atom is -0.496 e. The number of benzene rings is 1. The number of nitrogen functional groups attached to an aromatic ring is 1. The van der Waals surface area contributed by atoms with Crippen LogP contribution in [0.1, 0.15) is 48.9 Å². The molecule has 1 aromatic rings. The van der Waals surface area contributed by atoms with Crippen LogP contribution in [0.2, 0.25) is 0 Å². The molecule has 5 N–H and O–H groups in total. The van der Waals surface area contributed by atoms with E-state index in [4.69, 9.17) is 20.7 Å². The van der Waals surface area contributed by atoms with Crippen LogP contribution >= 0.6 is 15.9 Å². The first-order valence-corrected chi connectivity index (χ1v) is 14.7. The quantitative estimate of drug-likeness (QED) is 0.260. The monoisotopic (exact) mass is 637 g/mol. The zero-order chi connectivity index (χ0) is 29.9. The Morgan fingerprint density at radius 3 is 2.05 bits per heavy atom. The van der Waals surface area contributed by atoms with E-state index in [0.717, 1.165) is 84.3 Å². The number of anilines is 1. The third kappa shape index (κ3) is 9.92. The van der Waals surface area contributed by atoms with Crippen molar-refractivity contribution in [3.05, 3.63) is 34.3 Å². The number of hydrogen-bond acceptors (Lipinski definition) is 7. The van der Waals surface area contributed by atoms with Crippen LogP contribution < -0.4 is 15.8 Å². The molecule has 3 aliphatic heterocycles. The maximum Gasteiger partial charge on any atom is 0.328 e. The predicted octanol–water partition coefficient (Wildman–Crippen LogP) is 2.87. The highest BCUT2D eigenvalue weighted by Crippen LogP contribution is 2.29. The van der Waals surface area contributed by atoms with Gasteiger partial charge in [0.25, 0.3) is 5.91 Å². The molecule has 0 atom stereocenters. The topological polar surface area (TPSA) is 166 Å². The number of nitrogens with zero attached hydrogens (tertiary/aromatic N) is 3. The molecule has 12 nitrogen and oxygen atoms in total. The molecule has 13 heteroatoms. The van der Waals surface area contributed by atoms with Gasteiger partial charge < -0.3 is 40.7 Å². The average molecular weight is 639 g/mol. The summed E-state index contributed by atoms with van der Waals surface area (Å²) < 4.78 is 6.04. The SMILES string of the molecule is COc1cc(N)c(Br)cc1C(=O)NC1CCN(CC2CCN(C(=O)N3CCCC3)CC2)CC1.O=C(O)/C=C/C(=O)O. The summed E-state index contributed by atoms with van der Waals surface area (Å²) in [6.07, 6.45) is 7.45. The van der Waals surface area contributed by atoms with Gasteiger partial charge in [-0.15, -0.1) is 0 Å². The fourth-order valence-electron chi connectivity index (χ4n) is 5.36. The van der Waals surface area contributed by atoms with Gasteiger partial charge in [-0.2, -0.15) is 0 Å². The Labute approximate surface area is 248 Å².